The number of hydrogen-bond donors (Lipinski definition) is 1. The zero-order valence-corrected chi connectivity index (χ0v) is 11.6. The molecule has 1 unspecified atom stereocenters. The van der Waals surface area contributed by atoms with E-state index < -0.39 is 5.97 Å². The molecule has 4 nitrogen and oxygen atoms in total. The molecule has 0 spiro atoms. The molecule has 1 aliphatic carbocycles. The van der Waals surface area contributed by atoms with Gasteiger partial charge in [-0.3, -0.25) is 9.69 Å². The Balaban J connectivity index is 2.02. The molecule has 4 heteroatoms. The number of carboxylic acid groups (broad SMARTS) is 1. The zero-order valence-electron chi connectivity index (χ0n) is 11.6. The van der Waals surface area contributed by atoms with Crippen LogP contribution in [0.15, 0.2) is 18.2 Å². The maximum atomic E-state index is 10.5. The molecule has 1 aliphatic rings. The van der Waals surface area contributed by atoms with Crippen molar-refractivity contribution in [3.05, 3.63) is 29.3 Å². The number of carbonyl (C=O) groups is 1. The zero-order chi connectivity index (χ0) is 13.8. The van der Waals surface area contributed by atoms with Crippen molar-refractivity contribution in [1.82, 2.24) is 4.90 Å². The Morgan fingerprint density at radius 2 is 2.32 bits per heavy atom. The number of hydrogen-bond acceptors (Lipinski definition) is 3. The number of benzene rings is 1. The van der Waals surface area contributed by atoms with E-state index in [2.05, 4.69) is 24.1 Å². The van der Waals surface area contributed by atoms with Gasteiger partial charge in [0.25, 0.3) is 0 Å². The van der Waals surface area contributed by atoms with Gasteiger partial charge in [-0.25, -0.2) is 0 Å². The highest BCUT2D eigenvalue weighted by atomic mass is 16.5. The first-order valence-corrected chi connectivity index (χ1v) is 6.70. The number of ether oxygens (including phenoxy) is 1. The summed E-state index contributed by atoms with van der Waals surface area (Å²) >= 11 is 0. The molecular formula is C15H21NO3. The number of rotatable bonds is 6. The summed E-state index contributed by atoms with van der Waals surface area (Å²) in [5.41, 5.74) is 2.72. The second-order valence-electron chi connectivity index (χ2n) is 5.10. The molecule has 1 aromatic rings. The predicted octanol–water partition coefficient (Wildman–Crippen LogP) is 2.48. The highest BCUT2D eigenvalue weighted by molar-refractivity contribution is 5.66. The normalized spacial score (nSPS) is 17.5. The maximum Gasteiger partial charge on any atom is 0.303 e. The molecule has 1 N–H and O–H groups in total. The second-order valence-corrected chi connectivity index (χ2v) is 5.10. The van der Waals surface area contributed by atoms with Crippen LogP contribution in [0.1, 0.15) is 36.4 Å². The van der Waals surface area contributed by atoms with E-state index in [1.165, 1.54) is 11.1 Å². The van der Waals surface area contributed by atoms with Crippen LogP contribution in [0, 0.1) is 0 Å². The van der Waals surface area contributed by atoms with Crippen LogP contribution in [0.2, 0.25) is 0 Å². The van der Waals surface area contributed by atoms with Gasteiger partial charge >= 0.3 is 5.97 Å². The molecule has 0 bridgehead atoms. The van der Waals surface area contributed by atoms with Crippen LogP contribution in [0.5, 0.6) is 5.75 Å². The Morgan fingerprint density at radius 3 is 3.00 bits per heavy atom. The number of carboxylic acids is 1. The van der Waals surface area contributed by atoms with E-state index in [1.807, 2.05) is 6.07 Å². The number of methoxy groups -OCH3 is 1. The maximum absolute atomic E-state index is 10.5. The van der Waals surface area contributed by atoms with Crippen LogP contribution in [-0.2, 0) is 11.2 Å². The summed E-state index contributed by atoms with van der Waals surface area (Å²) in [4.78, 5) is 12.8. The van der Waals surface area contributed by atoms with Gasteiger partial charge < -0.3 is 9.84 Å². The van der Waals surface area contributed by atoms with Gasteiger partial charge in [0, 0.05) is 12.5 Å². The van der Waals surface area contributed by atoms with Crippen LogP contribution in [-0.4, -0.2) is 36.7 Å². The lowest BCUT2D eigenvalue weighted by Crippen LogP contribution is -2.24. The third kappa shape index (κ3) is 3.26. The van der Waals surface area contributed by atoms with E-state index in [0.717, 1.165) is 25.1 Å². The highest BCUT2D eigenvalue weighted by Gasteiger charge is 2.26. The van der Waals surface area contributed by atoms with Crippen LogP contribution >= 0.6 is 0 Å². The molecule has 1 atom stereocenters. The van der Waals surface area contributed by atoms with Crippen LogP contribution in [0.25, 0.3) is 0 Å². The molecule has 2 rings (SSSR count). The van der Waals surface area contributed by atoms with Gasteiger partial charge in [0.05, 0.1) is 7.11 Å². The minimum absolute atomic E-state index is 0.238. The quantitative estimate of drug-likeness (QED) is 0.856. The molecule has 0 fully saturated rings. The van der Waals surface area contributed by atoms with Crippen molar-refractivity contribution in [2.45, 2.75) is 31.7 Å². The average molecular weight is 263 g/mol. The minimum Gasteiger partial charge on any atom is -0.497 e. The topological polar surface area (TPSA) is 49.8 Å². The number of aliphatic carboxylic acids is 1. The highest BCUT2D eigenvalue weighted by Crippen LogP contribution is 2.37. The number of nitrogens with zero attached hydrogens (tertiary/aromatic N) is 1. The summed E-state index contributed by atoms with van der Waals surface area (Å²) in [6.07, 6.45) is 3.13. The lowest BCUT2D eigenvalue weighted by atomic mass is 10.1. The monoisotopic (exact) mass is 263 g/mol. The number of fused-ring (bicyclic) bond motifs is 1. The van der Waals surface area contributed by atoms with E-state index >= 15 is 0 Å². The van der Waals surface area contributed by atoms with Crippen LogP contribution in [0.3, 0.4) is 0 Å². The lowest BCUT2D eigenvalue weighted by molar-refractivity contribution is -0.137. The van der Waals surface area contributed by atoms with Gasteiger partial charge in [-0.15, -0.1) is 0 Å². The van der Waals surface area contributed by atoms with Crippen molar-refractivity contribution in [3.63, 3.8) is 0 Å². The van der Waals surface area contributed by atoms with Crippen molar-refractivity contribution >= 4 is 5.97 Å². The first-order valence-electron chi connectivity index (χ1n) is 6.70. The van der Waals surface area contributed by atoms with Crippen LogP contribution < -0.4 is 4.74 Å². The fraction of sp³-hybridized carbons (Fsp3) is 0.533. The largest absolute Gasteiger partial charge is 0.497 e. The van der Waals surface area contributed by atoms with Crippen molar-refractivity contribution < 1.29 is 14.6 Å². The van der Waals surface area contributed by atoms with Crippen molar-refractivity contribution in [2.75, 3.05) is 20.7 Å². The van der Waals surface area contributed by atoms with E-state index in [0.29, 0.717) is 12.5 Å². The summed E-state index contributed by atoms with van der Waals surface area (Å²) in [5, 5.41) is 8.68. The SMILES string of the molecule is COc1ccc2c(c1)C(N(C)CCCC(=O)O)CC2. The Kier molecular flexibility index (Phi) is 4.43. The van der Waals surface area contributed by atoms with Crippen molar-refractivity contribution in [2.24, 2.45) is 0 Å². The average Bonchev–Trinajstić information content (AvgIpc) is 2.80. The Labute approximate surface area is 114 Å². The second kappa shape index (κ2) is 6.06. The van der Waals surface area contributed by atoms with Gasteiger partial charge in [0.2, 0.25) is 0 Å². The molecule has 0 saturated heterocycles. The van der Waals surface area contributed by atoms with Gasteiger partial charge in [-0.2, -0.15) is 0 Å². The van der Waals surface area contributed by atoms with Gasteiger partial charge in [0.1, 0.15) is 5.75 Å². The summed E-state index contributed by atoms with van der Waals surface area (Å²) in [6.45, 7) is 0.813. The van der Waals surface area contributed by atoms with E-state index in [4.69, 9.17) is 9.84 Å². The molecule has 0 saturated carbocycles. The summed E-state index contributed by atoms with van der Waals surface area (Å²) < 4.78 is 5.28. The molecule has 0 heterocycles. The third-order valence-electron chi connectivity index (χ3n) is 3.83. The van der Waals surface area contributed by atoms with Crippen molar-refractivity contribution in [1.29, 1.82) is 0 Å². The molecule has 1 aromatic carbocycles. The Hall–Kier alpha value is -1.55. The first kappa shape index (κ1) is 13.9. The van der Waals surface area contributed by atoms with Gasteiger partial charge in [-0.1, -0.05) is 6.07 Å². The van der Waals surface area contributed by atoms with Crippen molar-refractivity contribution in [3.8, 4) is 5.75 Å². The molecule has 19 heavy (non-hydrogen) atoms. The minimum atomic E-state index is -0.720. The fourth-order valence-corrected chi connectivity index (χ4v) is 2.78. The Morgan fingerprint density at radius 1 is 1.53 bits per heavy atom. The van der Waals surface area contributed by atoms with Crippen LogP contribution in [0.4, 0.5) is 0 Å². The summed E-state index contributed by atoms with van der Waals surface area (Å²) in [7, 11) is 3.75. The smallest absolute Gasteiger partial charge is 0.303 e. The number of aryl methyl sites for hydroxylation is 1. The summed E-state index contributed by atoms with van der Waals surface area (Å²) in [5.74, 6) is 0.173. The molecule has 0 aromatic heterocycles. The molecule has 0 aliphatic heterocycles. The third-order valence-corrected chi connectivity index (χ3v) is 3.83. The summed E-state index contributed by atoms with van der Waals surface area (Å²) in [6, 6.07) is 6.64. The fourth-order valence-electron chi connectivity index (χ4n) is 2.78. The molecule has 0 radical (unpaired) electrons. The Bertz CT molecular complexity index is 459. The van der Waals surface area contributed by atoms with E-state index in [-0.39, 0.29) is 6.42 Å². The lowest BCUT2D eigenvalue weighted by Gasteiger charge is -2.25. The molecule has 0 amide bonds. The molecule has 104 valence electrons. The van der Waals surface area contributed by atoms with Gasteiger partial charge in [-0.05, 0) is 56.1 Å². The standard InChI is InChI=1S/C15H21NO3/c1-16(9-3-4-15(17)18)14-8-6-11-5-7-12(19-2)10-13(11)14/h5,7,10,14H,3-4,6,8-9H2,1-2H3,(H,17,18). The predicted molar refractivity (Wildman–Crippen MR) is 73.6 cm³/mol. The van der Waals surface area contributed by atoms with Gasteiger partial charge in [0.15, 0.2) is 0 Å². The van der Waals surface area contributed by atoms with E-state index in [1.54, 1.807) is 7.11 Å². The van der Waals surface area contributed by atoms with E-state index in [9.17, 15) is 4.79 Å². The first-order chi connectivity index (χ1) is 9.11. The molecular weight excluding hydrogens is 242 g/mol.